The minimum absolute atomic E-state index is 0.0818. The number of hydrogen-bond donors (Lipinski definition) is 0. The quantitative estimate of drug-likeness (QED) is 0.296. The lowest BCUT2D eigenvalue weighted by Crippen LogP contribution is -2.43. The Morgan fingerprint density at radius 1 is 1.03 bits per heavy atom. The van der Waals surface area contributed by atoms with Gasteiger partial charge in [0.15, 0.2) is 0 Å². The smallest absolute Gasteiger partial charge is 0.270 e. The van der Waals surface area contributed by atoms with Crippen LogP contribution in [0, 0.1) is 21.8 Å². The van der Waals surface area contributed by atoms with E-state index < -0.39 is 10.8 Å². The average molecular weight is 484 g/mol. The topological polar surface area (TPSA) is 83.8 Å². The fourth-order valence-corrected chi connectivity index (χ4v) is 4.21. The molecule has 0 aliphatic carbocycles. The van der Waals surface area contributed by atoms with Crippen LogP contribution >= 0.6 is 11.3 Å². The predicted molar refractivity (Wildman–Crippen MR) is 129 cm³/mol. The zero-order valence-electron chi connectivity index (χ0n) is 19.0. The van der Waals surface area contributed by atoms with Gasteiger partial charge in [0.2, 0.25) is 5.91 Å². The van der Waals surface area contributed by atoms with Gasteiger partial charge in [-0.1, -0.05) is 38.1 Å². The number of halogens is 1. The number of nitro groups is 1. The first kappa shape index (κ1) is 25.0. The molecule has 0 fully saturated rings. The molecule has 1 heterocycles. The van der Waals surface area contributed by atoms with Crippen LogP contribution < -0.4 is 0 Å². The van der Waals surface area contributed by atoms with Crippen molar-refractivity contribution in [3.63, 3.8) is 0 Å². The maximum Gasteiger partial charge on any atom is 0.270 e. The Balaban J connectivity index is 1.83. The molecular formula is C25H26FN3O4S. The van der Waals surface area contributed by atoms with Gasteiger partial charge in [0.1, 0.15) is 12.4 Å². The summed E-state index contributed by atoms with van der Waals surface area (Å²) in [6.07, 6.45) is 0. The summed E-state index contributed by atoms with van der Waals surface area (Å²) in [5, 5.41) is 13.1. The van der Waals surface area contributed by atoms with Gasteiger partial charge >= 0.3 is 0 Å². The van der Waals surface area contributed by atoms with E-state index in [1.807, 2.05) is 31.4 Å². The molecule has 9 heteroatoms. The van der Waals surface area contributed by atoms with Crippen LogP contribution in [0.2, 0.25) is 0 Å². The van der Waals surface area contributed by atoms with E-state index in [1.165, 1.54) is 52.6 Å². The van der Waals surface area contributed by atoms with Gasteiger partial charge in [-0.3, -0.25) is 19.7 Å². The molecule has 0 spiro atoms. The van der Waals surface area contributed by atoms with Crippen LogP contribution in [-0.2, 0) is 17.9 Å². The van der Waals surface area contributed by atoms with Crippen molar-refractivity contribution < 1.29 is 18.9 Å². The molecule has 178 valence electrons. The Morgan fingerprint density at radius 3 is 2.38 bits per heavy atom. The number of carbonyl (C=O) groups is 2. The number of benzene rings is 2. The normalized spacial score (nSPS) is 10.8. The van der Waals surface area contributed by atoms with E-state index in [-0.39, 0.29) is 42.0 Å². The molecule has 34 heavy (non-hydrogen) atoms. The highest BCUT2D eigenvalue weighted by molar-refractivity contribution is 7.09. The number of thiophene rings is 1. The van der Waals surface area contributed by atoms with E-state index in [9.17, 15) is 24.1 Å². The van der Waals surface area contributed by atoms with Crippen molar-refractivity contribution in [2.45, 2.75) is 26.9 Å². The van der Waals surface area contributed by atoms with Gasteiger partial charge in [0, 0.05) is 35.7 Å². The van der Waals surface area contributed by atoms with Crippen molar-refractivity contribution in [2.24, 2.45) is 5.92 Å². The second kappa shape index (κ2) is 11.5. The summed E-state index contributed by atoms with van der Waals surface area (Å²) in [7, 11) is 0. The summed E-state index contributed by atoms with van der Waals surface area (Å²) in [5.41, 5.74) is 0.745. The molecule has 3 aromatic rings. The van der Waals surface area contributed by atoms with Crippen molar-refractivity contribution in [2.75, 3.05) is 13.1 Å². The maximum absolute atomic E-state index is 13.4. The fourth-order valence-electron chi connectivity index (χ4n) is 3.49. The number of nitro benzene ring substituents is 1. The van der Waals surface area contributed by atoms with Gasteiger partial charge in [-0.2, -0.15) is 0 Å². The maximum atomic E-state index is 13.4. The van der Waals surface area contributed by atoms with Crippen molar-refractivity contribution in [3.8, 4) is 0 Å². The zero-order chi connectivity index (χ0) is 24.7. The summed E-state index contributed by atoms with van der Waals surface area (Å²) in [6, 6.07) is 15.3. The molecule has 0 atom stereocenters. The molecule has 1 aromatic heterocycles. The lowest BCUT2D eigenvalue weighted by Gasteiger charge is -2.29. The largest absolute Gasteiger partial charge is 0.332 e. The molecule has 0 aliphatic heterocycles. The van der Waals surface area contributed by atoms with Crippen LogP contribution in [0.3, 0.4) is 0 Å². The van der Waals surface area contributed by atoms with E-state index in [0.717, 1.165) is 10.4 Å². The van der Waals surface area contributed by atoms with Crippen LogP contribution in [0.4, 0.5) is 10.1 Å². The highest BCUT2D eigenvalue weighted by Crippen LogP contribution is 2.18. The van der Waals surface area contributed by atoms with Gasteiger partial charge in [-0.25, -0.2) is 4.39 Å². The Hall–Kier alpha value is -3.59. The van der Waals surface area contributed by atoms with Crippen LogP contribution in [0.25, 0.3) is 0 Å². The number of non-ortho nitro benzene ring substituents is 1. The van der Waals surface area contributed by atoms with E-state index in [2.05, 4.69) is 0 Å². The Kier molecular flexibility index (Phi) is 8.48. The summed E-state index contributed by atoms with van der Waals surface area (Å²) < 4.78 is 13.3. The minimum atomic E-state index is -0.555. The number of hydrogen-bond acceptors (Lipinski definition) is 5. The first-order valence-corrected chi connectivity index (χ1v) is 11.7. The second-order valence-electron chi connectivity index (χ2n) is 8.34. The Bertz CT molecular complexity index is 1130. The van der Waals surface area contributed by atoms with Gasteiger partial charge in [0.05, 0.1) is 11.5 Å². The first-order chi connectivity index (χ1) is 16.2. The van der Waals surface area contributed by atoms with Crippen LogP contribution in [0.15, 0.2) is 66.0 Å². The Morgan fingerprint density at radius 2 is 1.76 bits per heavy atom. The van der Waals surface area contributed by atoms with Crippen molar-refractivity contribution in [3.05, 3.63) is 98.0 Å². The number of rotatable bonds is 10. The van der Waals surface area contributed by atoms with Crippen LogP contribution in [0.5, 0.6) is 0 Å². The zero-order valence-corrected chi connectivity index (χ0v) is 19.8. The molecule has 2 aromatic carbocycles. The standard InChI is InChI=1S/C25H26FN3O4S/c1-18(2)14-28(25(31)20-5-3-6-22(13-20)29(32)33)17-24(30)27(16-23-7-4-12-34-23)15-19-8-10-21(26)11-9-19/h3-13,18H,14-17H2,1-2H3. The number of amides is 2. The highest BCUT2D eigenvalue weighted by atomic mass is 32.1. The molecule has 0 bridgehead atoms. The fraction of sp³-hybridized carbons (Fsp3) is 0.280. The Labute approximate surface area is 201 Å². The third kappa shape index (κ3) is 6.95. The molecule has 0 unspecified atom stereocenters. The van der Waals surface area contributed by atoms with E-state index in [1.54, 1.807) is 17.0 Å². The minimum Gasteiger partial charge on any atom is -0.332 e. The van der Waals surface area contributed by atoms with Gasteiger partial charge in [0.25, 0.3) is 11.6 Å². The second-order valence-corrected chi connectivity index (χ2v) is 9.37. The number of carbonyl (C=O) groups excluding carboxylic acids is 2. The van der Waals surface area contributed by atoms with Gasteiger partial charge in [-0.05, 0) is 41.1 Å². The van der Waals surface area contributed by atoms with Crippen molar-refractivity contribution >= 4 is 28.8 Å². The van der Waals surface area contributed by atoms with Crippen molar-refractivity contribution in [1.29, 1.82) is 0 Å². The third-order valence-electron chi connectivity index (χ3n) is 5.07. The van der Waals surface area contributed by atoms with Crippen molar-refractivity contribution in [1.82, 2.24) is 9.80 Å². The third-order valence-corrected chi connectivity index (χ3v) is 5.93. The first-order valence-electron chi connectivity index (χ1n) is 10.8. The SMILES string of the molecule is CC(C)CN(CC(=O)N(Cc1ccc(F)cc1)Cc1cccs1)C(=O)c1cccc([N+](=O)[O-])c1. The molecular weight excluding hydrogens is 457 g/mol. The molecule has 3 rings (SSSR count). The lowest BCUT2D eigenvalue weighted by molar-refractivity contribution is -0.384. The molecule has 0 saturated carbocycles. The summed E-state index contributed by atoms with van der Waals surface area (Å²) in [4.78, 5) is 41.2. The molecule has 0 N–H and O–H groups in total. The highest BCUT2D eigenvalue weighted by Gasteiger charge is 2.24. The van der Waals surface area contributed by atoms with Gasteiger partial charge in [-0.15, -0.1) is 11.3 Å². The van der Waals surface area contributed by atoms with Crippen LogP contribution in [0.1, 0.15) is 34.6 Å². The summed E-state index contributed by atoms with van der Waals surface area (Å²) >= 11 is 1.52. The monoisotopic (exact) mass is 483 g/mol. The molecule has 0 aliphatic rings. The summed E-state index contributed by atoms with van der Waals surface area (Å²) in [5.74, 6) is -0.982. The average Bonchev–Trinajstić information content (AvgIpc) is 3.32. The predicted octanol–water partition coefficient (Wildman–Crippen LogP) is 5.12. The van der Waals surface area contributed by atoms with E-state index in [0.29, 0.717) is 13.1 Å². The van der Waals surface area contributed by atoms with Gasteiger partial charge < -0.3 is 9.80 Å². The molecule has 0 radical (unpaired) electrons. The lowest BCUT2D eigenvalue weighted by atomic mass is 10.1. The van der Waals surface area contributed by atoms with E-state index in [4.69, 9.17) is 0 Å². The van der Waals surface area contributed by atoms with Crippen LogP contribution in [-0.4, -0.2) is 39.6 Å². The molecule has 7 nitrogen and oxygen atoms in total. The van der Waals surface area contributed by atoms with E-state index >= 15 is 0 Å². The summed E-state index contributed by atoms with van der Waals surface area (Å²) in [6.45, 7) is 4.62. The number of nitrogens with zero attached hydrogens (tertiary/aromatic N) is 3. The molecule has 2 amide bonds. The molecule has 0 saturated heterocycles.